The molecule has 3 nitrogen and oxygen atoms in total. The number of likely N-dealkylation sites (N-methyl/N-ethyl adjacent to an activating group) is 1. The summed E-state index contributed by atoms with van der Waals surface area (Å²) in [5.41, 5.74) is 1.23. The molecule has 6 heteroatoms. The number of rotatable bonds is 7. The quantitative estimate of drug-likeness (QED) is 0.739. The minimum atomic E-state index is -0.151. The van der Waals surface area contributed by atoms with Gasteiger partial charge < -0.3 is 10.2 Å². The van der Waals surface area contributed by atoms with Crippen LogP contribution in [0.4, 0.5) is 0 Å². The highest BCUT2D eigenvalue weighted by Crippen LogP contribution is 2.25. The lowest BCUT2D eigenvalue weighted by molar-refractivity contribution is -0.120. The second-order valence-electron chi connectivity index (χ2n) is 5.50. The largest absolute Gasteiger partial charge is 0.353 e. The van der Waals surface area contributed by atoms with Crippen LogP contribution in [0.3, 0.4) is 0 Å². The number of benzene rings is 1. The molecule has 0 saturated carbocycles. The Morgan fingerprint density at radius 2 is 2.00 bits per heavy atom. The molecule has 2 atom stereocenters. The van der Waals surface area contributed by atoms with E-state index >= 15 is 0 Å². The van der Waals surface area contributed by atoms with Gasteiger partial charge in [0.1, 0.15) is 0 Å². The first-order chi connectivity index (χ1) is 11.0. The molecule has 1 heterocycles. The van der Waals surface area contributed by atoms with Crippen LogP contribution >= 0.6 is 34.7 Å². The first kappa shape index (κ1) is 18.3. The standard InChI is InChI=1S/C17H21ClN2OS2/c1-12(23-15-6-4-14(18)5-7-15)17(21)19-10-16(20(2)3)13-8-9-22-11-13/h4-9,11-12,16H,10H2,1-3H3,(H,19,21). The van der Waals surface area contributed by atoms with Crippen molar-refractivity contribution in [2.24, 2.45) is 0 Å². The summed E-state index contributed by atoms with van der Waals surface area (Å²) in [6.07, 6.45) is 0. The maximum Gasteiger partial charge on any atom is 0.233 e. The summed E-state index contributed by atoms with van der Waals surface area (Å²) >= 11 is 9.09. The molecule has 1 N–H and O–H groups in total. The lowest BCUT2D eigenvalue weighted by atomic mass is 10.1. The van der Waals surface area contributed by atoms with Crippen molar-refractivity contribution in [3.8, 4) is 0 Å². The van der Waals surface area contributed by atoms with Gasteiger partial charge in [-0.3, -0.25) is 4.79 Å². The Bertz CT molecular complexity index is 614. The Hall–Kier alpha value is -1.01. The van der Waals surface area contributed by atoms with Gasteiger partial charge in [0.15, 0.2) is 0 Å². The number of amides is 1. The van der Waals surface area contributed by atoms with E-state index in [0.29, 0.717) is 11.6 Å². The maximum atomic E-state index is 12.3. The molecule has 0 bridgehead atoms. The third-order valence-corrected chi connectivity index (χ3v) is 5.58. The van der Waals surface area contributed by atoms with Crippen molar-refractivity contribution in [1.29, 1.82) is 0 Å². The summed E-state index contributed by atoms with van der Waals surface area (Å²) in [5.74, 6) is 0.0482. The van der Waals surface area contributed by atoms with E-state index in [-0.39, 0.29) is 17.2 Å². The number of hydrogen-bond donors (Lipinski definition) is 1. The monoisotopic (exact) mass is 368 g/mol. The highest BCUT2D eigenvalue weighted by Gasteiger charge is 2.19. The molecule has 2 rings (SSSR count). The summed E-state index contributed by atoms with van der Waals surface area (Å²) in [5, 5.41) is 7.80. The topological polar surface area (TPSA) is 32.3 Å². The number of nitrogens with one attached hydrogen (secondary N) is 1. The molecule has 0 fully saturated rings. The molecule has 0 aliphatic heterocycles. The first-order valence-corrected chi connectivity index (χ1v) is 9.56. The van der Waals surface area contributed by atoms with Crippen molar-refractivity contribution in [1.82, 2.24) is 10.2 Å². The Kier molecular flexibility index (Phi) is 6.96. The molecule has 0 radical (unpaired) electrons. The van der Waals surface area contributed by atoms with E-state index in [4.69, 9.17) is 11.6 Å². The predicted molar refractivity (Wildman–Crippen MR) is 101 cm³/mol. The number of hydrogen-bond acceptors (Lipinski definition) is 4. The average Bonchev–Trinajstić information content (AvgIpc) is 3.03. The van der Waals surface area contributed by atoms with Crippen LogP contribution in [0.25, 0.3) is 0 Å². The number of thiophene rings is 1. The minimum Gasteiger partial charge on any atom is -0.353 e. The Balaban J connectivity index is 1.88. The van der Waals surface area contributed by atoms with Gasteiger partial charge >= 0.3 is 0 Å². The maximum absolute atomic E-state index is 12.3. The molecule has 0 spiro atoms. The van der Waals surface area contributed by atoms with Crippen LogP contribution in [0, 0.1) is 0 Å². The normalized spacial score (nSPS) is 13.8. The van der Waals surface area contributed by atoms with Crippen molar-refractivity contribution in [2.75, 3.05) is 20.6 Å². The smallest absolute Gasteiger partial charge is 0.233 e. The number of halogens is 1. The first-order valence-electron chi connectivity index (χ1n) is 7.36. The minimum absolute atomic E-state index is 0.0482. The summed E-state index contributed by atoms with van der Waals surface area (Å²) in [4.78, 5) is 15.5. The molecule has 0 aliphatic rings. The molecular weight excluding hydrogens is 348 g/mol. The molecular formula is C17H21ClN2OS2. The van der Waals surface area contributed by atoms with Crippen molar-refractivity contribution in [3.05, 3.63) is 51.7 Å². The number of nitrogens with zero attached hydrogens (tertiary/aromatic N) is 1. The van der Waals surface area contributed by atoms with Gasteiger partial charge in [0.2, 0.25) is 5.91 Å². The third-order valence-electron chi connectivity index (χ3n) is 3.52. The molecule has 1 amide bonds. The van der Waals surface area contributed by atoms with Crippen molar-refractivity contribution in [3.63, 3.8) is 0 Å². The van der Waals surface area contributed by atoms with E-state index in [0.717, 1.165) is 4.90 Å². The van der Waals surface area contributed by atoms with Crippen LogP contribution in [0.2, 0.25) is 5.02 Å². The van der Waals surface area contributed by atoms with Gasteiger partial charge in [-0.2, -0.15) is 11.3 Å². The lowest BCUT2D eigenvalue weighted by Crippen LogP contribution is -2.37. The predicted octanol–water partition coefficient (Wildman–Crippen LogP) is 4.30. The van der Waals surface area contributed by atoms with Gasteiger partial charge in [-0.1, -0.05) is 11.6 Å². The third kappa shape index (κ3) is 5.53. The fourth-order valence-corrected chi connectivity index (χ4v) is 3.90. The molecule has 0 saturated heterocycles. The van der Waals surface area contributed by atoms with Gasteiger partial charge in [-0.25, -0.2) is 0 Å². The number of carbonyl (C=O) groups is 1. The number of thioether (sulfide) groups is 1. The molecule has 124 valence electrons. The van der Waals surface area contributed by atoms with Crippen molar-refractivity contribution in [2.45, 2.75) is 23.1 Å². The second kappa shape index (κ2) is 8.73. The lowest BCUT2D eigenvalue weighted by Gasteiger charge is -2.24. The van der Waals surface area contributed by atoms with Crippen LogP contribution < -0.4 is 5.32 Å². The Labute approximate surface area is 151 Å². The van der Waals surface area contributed by atoms with Crippen molar-refractivity contribution >= 4 is 40.6 Å². The average molecular weight is 369 g/mol. The molecule has 1 aromatic carbocycles. The summed E-state index contributed by atoms with van der Waals surface area (Å²) < 4.78 is 0. The zero-order valence-corrected chi connectivity index (χ0v) is 15.8. The van der Waals surface area contributed by atoms with Gasteiger partial charge in [0, 0.05) is 16.5 Å². The second-order valence-corrected chi connectivity index (χ2v) is 8.13. The van der Waals surface area contributed by atoms with Gasteiger partial charge in [0.25, 0.3) is 0 Å². The fourth-order valence-electron chi connectivity index (χ4n) is 2.17. The Morgan fingerprint density at radius 1 is 1.30 bits per heavy atom. The highest BCUT2D eigenvalue weighted by atomic mass is 35.5. The van der Waals surface area contributed by atoms with Crippen LogP contribution in [0.1, 0.15) is 18.5 Å². The van der Waals surface area contributed by atoms with Gasteiger partial charge in [-0.15, -0.1) is 11.8 Å². The van der Waals surface area contributed by atoms with Gasteiger partial charge in [-0.05, 0) is 67.7 Å². The van der Waals surface area contributed by atoms with E-state index in [9.17, 15) is 4.79 Å². The van der Waals surface area contributed by atoms with Crippen molar-refractivity contribution < 1.29 is 4.79 Å². The summed E-state index contributed by atoms with van der Waals surface area (Å²) in [6, 6.07) is 9.85. The summed E-state index contributed by atoms with van der Waals surface area (Å²) in [6.45, 7) is 2.53. The van der Waals surface area contributed by atoms with Crippen LogP contribution in [-0.2, 0) is 4.79 Å². The van der Waals surface area contributed by atoms with E-state index in [1.165, 1.54) is 17.3 Å². The summed E-state index contributed by atoms with van der Waals surface area (Å²) in [7, 11) is 4.06. The molecule has 23 heavy (non-hydrogen) atoms. The molecule has 2 aromatic rings. The van der Waals surface area contributed by atoms with E-state index in [1.54, 1.807) is 11.3 Å². The molecule has 0 aliphatic carbocycles. The van der Waals surface area contributed by atoms with E-state index in [2.05, 4.69) is 27.0 Å². The molecule has 2 unspecified atom stereocenters. The van der Waals surface area contributed by atoms with E-state index in [1.807, 2.05) is 45.3 Å². The van der Waals surface area contributed by atoms with E-state index < -0.39 is 0 Å². The van der Waals surface area contributed by atoms with Gasteiger partial charge in [0.05, 0.1) is 11.3 Å². The van der Waals surface area contributed by atoms with Crippen LogP contribution in [0.5, 0.6) is 0 Å². The molecule has 1 aromatic heterocycles. The highest BCUT2D eigenvalue weighted by molar-refractivity contribution is 8.00. The van der Waals surface area contributed by atoms with Crippen LogP contribution in [0.15, 0.2) is 46.0 Å². The fraction of sp³-hybridized carbons (Fsp3) is 0.353. The zero-order valence-electron chi connectivity index (χ0n) is 13.5. The number of carbonyl (C=O) groups excluding carboxylic acids is 1. The Morgan fingerprint density at radius 3 is 2.57 bits per heavy atom. The zero-order chi connectivity index (χ0) is 16.8. The van der Waals surface area contributed by atoms with Crippen LogP contribution in [-0.4, -0.2) is 36.7 Å². The SMILES string of the molecule is CC(Sc1ccc(Cl)cc1)C(=O)NCC(c1ccsc1)N(C)C.